The number of hydrogen-bond acceptors (Lipinski definition) is 3. The van der Waals surface area contributed by atoms with E-state index in [4.69, 9.17) is 5.73 Å². The molecule has 0 aliphatic carbocycles. The lowest BCUT2D eigenvalue weighted by atomic mass is 10.1. The molecule has 1 unspecified atom stereocenters. The van der Waals surface area contributed by atoms with Crippen molar-refractivity contribution in [1.82, 2.24) is 10.3 Å². The zero-order chi connectivity index (χ0) is 12.7. The highest BCUT2D eigenvalue weighted by Gasteiger charge is 2.08. The van der Waals surface area contributed by atoms with E-state index < -0.39 is 0 Å². The van der Waals surface area contributed by atoms with Gasteiger partial charge < -0.3 is 11.1 Å². The van der Waals surface area contributed by atoms with Crippen molar-refractivity contribution >= 4 is 5.91 Å². The van der Waals surface area contributed by atoms with Crippen LogP contribution in [0.15, 0.2) is 18.3 Å². The molecule has 1 rings (SSSR count). The van der Waals surface area contributed by atoms with Gasteiger partial charge in [-0.15, -0.1) is 0 Å². The summed E-state index contributed by atoms with van der Waals surface area (Å²) in [5.41, 5.74) is 7.79. The number of carbonyl (C=O) groups excluding carboxylic acids is 1. The highest BCUT2D eigenvalue weighted by molar-refractivity contribution is 5.76. The van der Waals surface area contributed by atoms with Gasteiger partial charge in [-0.05, 0) is 25.0 Å². The van der Waals surface area contributed by atoms with Crippen molar-refractivity contribution < 1.29 is 4.79 Å². The summed E-state index contributed by atoms with van der Waals surface area (Å²) in [4.78, 5) is 15.7. The van der Waals surface area contributed by atoms with Gasteiger partial charge in [0.05, 0.1) is 0 Å². The van der Waals surface area contributed by atoms with E-state index in [-0.39, 0.29) is 11.9 Å². The first-order valence-electron chi connectivity index (χ1n) is 6.05. The minimum atomic E-state index is -0.0313. The van der Waals surface area contributed by atoms with Gasteiger partial charge in [0.15, 0.2) is 0 Å². The SMILES string of the molecule is CCCC(N)CC(=O)NCc1ccc(C)nc1. The van der Waals surface area contributed by atoms with Crippen molar-refractivity contribution in [2.45, 2.75) is 45.7 Å². The van der Waals surface area contributed by atoms with Gasteiger partial charge in [0.2, 0.25) is 5.91 Å². The number of nitrogens with one attached hydrogen (secondary N) is 1. The van der Waals surface area contributed by atoms with E-state index in [9.17, 15) is 4.79 Å². The molecule has 1 heterocycles. The van der Waals surface area contributed by atoms with Crippen LogP contribution < -0.4 is 11.1 Å². The summed E-state index contributed by atoms with van der Waals surface area (Å²) >= 11 is 0. The number of aryl methyl sites for hydroxylation is 1. The Balaban J connectivity index is 2.30. The van der Waals surface area contributed by atoms with E-state index in [2.05, 4.69) is 17.2 Å². The van der Waals surface area contributed by atoms with E-state index in [0.29, 0.717) is 13.0 Å². The third kappa shape index (κ3) is 5.45. The van der Waals surface area contributed by atoms with Crippen molar-refractivity contribution in [3.05, 3.63) is 29.6 Å². The van der Waals surface area contributed by atoms with Crippen LogP contribution in [0.1, 0.15) is 37.4 Å². The molecule has 0 aliphatic heterocycles. The first kappa shape index (κ1) is 13.6. The van der Waals surface area contributed by atoms with E-state index in [0.717, 1.165) is 24.1 Å². The van der Waals surface area contributed by atoms with E-state index in [1.54, 1.807) is 6.20 Å². The van der Waals surface area contributed by atoms with Crippen molar-refractivity contribution in [1.29, 1.82) is 0 Å². The number of nitrogens with zero attached hydrogens (tertiary/aromatic N) is 1. The Bertz CT molecular complexity index is 348. The lowest BCUT2D eigenvalue weighted by Crippen LogP contribution is -2.31. The highest BCUT2D eigenvalue weighted by atomic mass is 16.1. The van der Waals surface area contributed by atoms with Crippen LogP contribution in [0.4, 0.5) is 0 Å². The van der Waals surface area contributed by atoms with Gasteiger partial charge in [0.25, 0.3) is 0 Å². The van der Waals surface area contributed by atoms with Gasteiger partial charge in [0, 0.05) is 30.9 Å². The molecule has 4 heteroatoms. The molecule has 1 aromatic rings. The fourth-order valence-corrected chi connectivity index (χ4v) is 1.59. The number of hydrogen-bond donors (Lipinski definition) is 2. The molecule has 17 heavy (non-hydrogen) atoms. The van der Waals surface area contributed by atoms with E-state index in [1.807, 2.05) is 19.1 Å². The van der Waals surface area contributed by atoms with Gasteiger partial charge >= 0.3 is 0 Å². The van der Waals surface area contributed by atoms with Crippen LogP contribution in [0.3, 0.4) is 0 Å². The third-order valence-corrected chi connectivity index (χ3v) is 2.57. The molecular weight excluding hydrogens is 214 g/mol. The Morgan fingerprint density at radius 3 is 2.88 bits per heavy atom. The molecule has 0 saturated carbocycles. The van der Waals surface area contributed by atoms with Crippen LogP contribution in [0.2, 0.25) is 0 Å². The Morgan fingerprint density at radius 1 is 1.53 bits per heavy atom. The molecule has 1 atom stereocenters. The molecule has 0 spiro atoms. The van der Waals surface area contributed by atoms with Gasteiger partial charge in [-0.2, -0.15) is 0 Å². The molecule has 94 valence electrons. The van der Waals surface area contributed by atoms with Gasteiger partial charge in [-0.1, -0.05) is 19.4 Å². The number of rotatable bonds is 6. The fraction of sp³-hybridized carbons (Fsp3) is 0.538. The Morgan fingerprint density at radius 2 is 2.29 bits per heavy atom. The second-order valence-electron chi connectivity index (χ2n) is 4.34. The van der Waals surface area contributed by atoms with Crippen LogP contribution in [0, 0.1) is 6.92 Å². The maximum Gasteiger partial charge on any atom is 0.221 e. The monoisotopic (exact) mass is 235 g/mol. The van der Waals surface area contributed by atoms with Crippen molar-refractivity contribution in [2.75, 3.05) is 0 Å². The topological polar surface area (TPSA) is 68.0 Å². The minimum absolute atomic E-state index is 0.00604. The standard InChI is InChI=1S/C13H21N3O/c1-3-4-12(14)7-13(17)16-9-11-6-5-10(2)15-8-11/h5-6,8,12H,3-4,7,9,14H2,1-2H3,(H,16,17). The molecule has 1 aromatic heterocycles. The molecule has 0 radical (unpaired) electrons. The Kier molecular flexibility index (Phi) is 5.63. The number of nitrogens with two attached hydrogens (primary N) is 1. The Labute approximate surface area is 103 Å². The van der Waals surface area contributed by atoms with Crippen molar-refractivity contribution in [2.24, 2.45) is 5.73 Å². The van der Waals surface area contributed by atoms with Gasteiger partial charge in [0.1, 0.15) is 0 Å². The number of amides is 1. The average molecular weight is 235 g/mol. The molecule has 0 bridgehead atoms. The maximum absolute atomic E-state index is 11.6. The zero-order valence-electron chi connectivity index (χ0n) is 10.6. The number of carbonyl (C=O) groups is 1. The van der Waals surface area contributed by atoms with Crippen LogP contribution in [-0.4, -0.2) is 16.9 Å². The average Bonchev–Trinajstić information content (AvgIpc) is 2.28. The lowest BCUT2D eigenvalue weighted by Gasteiger charge is -2.10. The molecule has 4 nitrogen and oxygen atoms in total. The molecule has 0 aromatic carbocycles. The molecule has 0 saturated heterocycles. The van der Waals surface area contributed by atoms with Crippen LogP contribution >= 0.6 is 0 Å². The van der Waals surface area contributed by atoms with Gasteiger partial charge in [-0.25, -0.2) is 0 Å². The minimum Gasteiger partial charge on any atom is -0.352 e. The second-order valence-corrected chi connectivity index (χ2v) is 4.34. The molecule has 1 amide bonds. The summed E-state index contributed by atoms with van der Waals surface area (Å²) in [6.07, 6.45) is 4.07. The first-order valence-corrected chi connectivity index (χ1v) is 6.05. The predicted octanol–water partition coefficient (Wildman–Crippen LogP) is 1.52. The summed E-state index contributed by atoms with van der Waals surface area (Å²) in [6.45, 7) is 4.52. The molecule has 3 N–H and O–H groups in total. The smallest absolute Gasteiger partial charge is 0.221 e. The quantitative estimate of drug-likeness (QED) is 0.785. The maximum atomic E-state index is 11.6. The third-order valence-electron chi connectivity index (χ3n) is 2.57. The second kappa shape index (κ2) is 7.01. The summed E-state index contributed by atoms with van der Waals surface area (Å²) in [5.74, 6) is 0.00604. The van der Waals surface area contributed by atoms with Crippen LogP contribution in [-0.2, 0) is 11.3 Å². The highest BCUT2D eigenvalue weighted by Crippen LogP contribution is 2.01. The first-order chi connectivity index (χ1) is 8.11. The summed E-state index contributed by atoms with van der Waals surface area (Å²) in [5, 5.41) is 2.85. The van der Waals surface area contributed by atoms with Crippen molar-refractivity contribution in [3.63, 3.8) is 0 Å². The summed E-state index contributed by atoms with van der Waals surface area (Å²) in [6, 6.07) is 3.87. The molecule has 0 fully saturated rings. The summed E-state index contributed by atoms with van der Waals surface area (Å²) < 4.78 is 0. The zero-order valence-corrected chi connectivity index (χ0v) is 10.6. The number of aromatic nitrogens is 1. The van der Waals surface area contributed by atoms with E-state index >= 15 is 0 Å². The van der Waals surface area contributed by atoms with Crippen LogP contribution in [0.5, 0.6) is 0 Å². The number of pyridine rings is 1. The largest absolute Gasteiger partial charge is 0.352 e. The molecule has 0 aliphatic rings. The summed E-state index contributed by atoms with van der Waals surface area (Å²) in [7, 11) is 0. The van der Waals surface area contributed by atoms with Crippen molar-refractivity contribution in [3.8, 4) is 0 Å². The fourth-order valence-electron chi connectivity index (χ4n) is 1.59. The Hall–Kier alpha value is -1.42. The van der Waals surface area contributed by atoms with E-state index in [1.165, 1.54) is 0 Å². The van der Waals surface area contributed by atoms with Gasteiger partial charge in [-0.3, -0.25) is 9.78 Å². The normalized spacial score (nSPS) is 12.2. The lowest BCUT2D eigenvalue weighted by molar-refractivity contribution is -0.121. The van der Waals surface area contributed by atoms with Crippen LogP contribution in [0.25, 0.3) is 0 Å². The predicted molar refractivity (Wildman–Crippen MR) is 68.3 cm³/mol. The molecular formula is C13H21N3O.